The average molecular weight is 410 g/mol. The first kappa shape index (κ1) is 15.5. The summed E-state index contributed by atoms with van der Waals surface area (Å²) in [5.41, 5.74) is 0. The maximum Gasteiger partial charge on any atom is 0.264 e. The van der Waals surface area contributed by atoms with Crippen molar-refractivity contribution in [3.63, 3.8) is 0 Å². The van der Waals surface area contributed by atoms with Gasteiger partial charge in [0.25, 0.3) is 5.91 Å². The van der Waals surface area contributed by atoms with Gasteiger partial charge in [0.2, 0.25) is 0 Å². The van der Waals surface area contributed by atoms with Crippen LogP contribution in [0, 0.1) is 0 Å². The Morgan fingerprint density at radius 3 is 2.68 bits per heavy atom. The Morgan fingerprint density at radius 1 is 1.47 bits per heavy atom. The standard InChI is InChI=1S/C13H18Br2N2OS/c1-3-16(4-2)9-5-6-17(8-9)13(18)11-7-10(14)12(15)19-11/h7,9H,3-6,8H2,1-2H3. The fraction of sp³-hybridized carbons (Fsp3) is 0.615. The minimum atomic E-state index is 0.158. The molecule has 1 unspecified atom stereocenters. The van der Waals surface area contributed by atoms with Crippen molar-refractivity contribution in [3.05, 3.63) is 19.2 Å². The van der Waals surface area contributed by atoms with E-state index in [0.29, 0.717) is 6.04 Å². The van der Waals surface area contributed by atoms with Gasteiger partial charge in [-0.05, 0) is 57.4 Å². The van der Waals surface area contributed by atoms with Crippen LogP contribution in [0.1, 0.15) is 29.9 Å². The molecule has 0 aliphatic carbocycles. The highest BCUT2D eigenvalue weighted by Crippen LogP contribution is 2.33. The number of thiophene rings is 1. The number of carbonyl (C=O) groups is 1. The van der Waals surface area contributed by atoms with Crippen molar-refractivity contribution in [2.45, 2.75) is 26.3 Å². The quantitative estimate of drug-likeness (QED) is 0.754. The molecule has 1 fully saturated rings. The number of hydrogen-bond donors (Lipinski definition) is 0. The van der Waals surface area contributed by atoms with Gasteiger partial charge in [-0.1, -0.05) is 13.8 Å². The molecule has 1 aliphatic rings. The summed E-state index contributed by atoms with van der Waals surface area (Å²) in [5.74, 6) is 0.158. The fourth-order valence-corrected chi connectivity index (χ4v) is 4.58. The second-order valence-electron chi connectivity index (χ2n) is 4.65. The molecular formula is C13H18Br2N2OS. The first-order chi connectivity index (χ1) is 9.06. The van der Waals surface area contributed by atoms with Crippen LogP contribution < -0.4 is 0 Å². The molecule has 1 saturated heterocycles. The molecule has 0 saturated carbocycles. The van der Waals surface area contributed by atoms with Crippen LogP contribution in [0.2, 0.25) is 0 Å². The molecule has 1 amide bonds. The zero-order chi connectivity index (χ0) is 14.0. The molecule has 1 atom stereocenters. The third-order valence-electron chi connectivity index (χ3n) is 3.64. The van der Waals surface area contributed by atoms with Gasteiger partial charge in [0.1, 0.15) is 0 Å². The molecule has 3 nitrogen and oxygen atoms in total. The lowest BCUT2D eigenvalue weighted by atomic mass is 10.2. The van der Waals surface area contributed by atoms with E-state index in [4.69, 9.17) is 0 Å². The maximum absolute atomic E-state index is 12.4. The maximum atomic E-state index is 12.4. The third-order valence-corrected chi connectivity index (χ3v) is 6.88. The topological polar surface area (TPSA) is 23.6 Å². The van der Waals surface area contributed by atoms with Crippen LogP contribution in [0.5, 0.6) is 0 Å². The molecular weight excluding hydrogens is 392 g/mol. The second-order valence-corrected chi connectivity index (χ2v) is 7.87. The van der Waals surface area contributed by atoms with Crippen LogP contribution in [0.15, 0.2) is 14.3 Å². The highest BCUT2D eigenvalue weighted by molar-refractivity contribution is 9.13. The summed E-state index contributed by atoms with van der Waals surface area (Å²) in [5, 5.41) is 0. The fourth-order valence-electron chi connectivity index (χ4n) is 2.57. The molecule has 0 aromatic carbocycles. The van der Waals surface area contributed by atoms with Crippen molar-refractivity contribution < 1.29 is 4.79 Å². The molecule has 1 aromatic heterocycles. The van der Waals surface area contributed by atoms with Gasteiger partial charge in [0, 0.05) is 23.6 Å². The van der Waals surface area contributed by atoms with Gasteiger partial charge in [0.05, 0.1) is 8.66 Å². The minimum Gasteiger partial charge on any atom is -0.336 e. The van der Waals surface area contributed by atoms with Crippen molar-refractivity contribution in [2.75, 3.05) is 26.2 Å². The molecule has 19 heavy (non-hydrogen) atoms. The number of amides is 1. The predicted octanol–water partition coefficient (Wildman–Crippen LogP) is 3.83. The summed E-state index contributed by atoms with van der Waals surface area (Å²) in [7, 11) is 0. The van der Waals surface area contributed by atoms with Crippen molar-refractivity contribution in [1.29, 1.82) is 0 Å². The summed E-state index contributed by atoms with van der Waals surface area (Å²) in [4.78, 5) is 17.7. The van der Waals surface area contributed by atoms with Crippen LogP contribution in [-0.2, 0) is 0 Å². The lowest BCUT2D eigenvalue weighted by Crippen LogP contribution is -2.38. The number of likely N-dealkylation sites (tertiary alicyclic amines) is 1. The number of likely N-dealkylation sites (N-methyl/N-ethyl adjacent to an activating group) is 1. The lowest BCUT2D eigenvalue weighted by molar-refractivity contribution is 0.0782. The highest BCUT2D eigenvalue weighted by atomic mass is 79.9. The molecule has 0 radical (unpaired) electrons. The largest absolute Gasteiger partial charge is 0.336 e. The van der Waals surface area contributed by atoms with E-state index in [-0.39, 0.29) is 5.91 Å². The molecule has 1 aromatic rings. The van der Waals surface area contributed by atoms with E-state index in [2.05, 4.69) is 50.6 Å². The van der Waals surface area contributed by atoms with Crippen LogP contribution in [0.25, 0.3) is 0 Å². The summed E-state index contributed by atoms with van der Waals surface area (Å²) in [6.07, 6.45) is 1.08. The normalized spacial score (nSPS) is 19.4. The Kier molecular flexibility index (Phi) is 5.45. The number of carbonyl (C=O) groups excluding carboxylic acids is 1. The van der Waals surface area contributed by atoms with Gasteiger partial charge in [0.15, 0.2) is 0 Å². The summed E-state index contributed by atoms with van der Waals surface area (Å²) in [6.45, 7) is 8.20. The minimum absolute atomic E-state index is 0.158. The number of hydrogen-bond acceptors (Lipinski definition) is 3. The molecule has 2 heterocycles. The second kappa shape index (κ2) is 6.70. The predicted molar refractivity (Wildman–Crippen MR) is 86.9 cm³/mol. The van der Waals surface area contributed by atoms with E-state index < -0.39 is 0 Å². The number of rotatable bonds is 4. The first-order valence-corrected chi connectivity index (χ1v) is 8.95. The van der Waals surface area contributed by atoms with E-state index in [0.717, 1.165) is 45.7 Å². The van der Waals surface area contributed by atoms with Crippen molar-refractivity contribution in [1.82, 2.24) is 9.80 Å². The molecule has 0 spiro atoms. The van der Waals surface area contributed by atoms with Gasteiger partial charge in [-0.2, -0.15) is 0 Å². The van der Waals surface area contributed by atoms with E-state index in [9.17, 15) is 4.79 Å². The molecule has 6 heteroatoms. The highest BCUT2D eigenvalue weighted by Gasteiger charge is 2.30. The SMILES string of the molecule is CCN(CC)C1CCN(C(=O)c2cc(Br)c(Br)s2)C1. The molecule has 106 valence electrons. The Labute approximate surface area is 135 Å². The van der Waals surface area contributed by atoms with Crippen molar-refractivity contribution in [2.24, 2.45) is 0 Å². The summed E-state index contributed by atoms with van der Waals surface area (Å²) < 4.78 is 1.94. The zero-order valence-electron chi connectivity index (χ0n) is 11.2. The smallest absolute Gasteiger partial charge is 0.264 e. The average Bonchev–Trinajstić information content (AvgIpc) is 2.99. The van der Waals surface area contributed by atoms with E-state index >= 15 is 0 Å². The molecule has 2 rings (SSSR count). The van der Waals surface area contributed by atoms with Gasteiger partial charge >= 0.3 is 0 Å². The van der Waals surface area contributed by atoms with E-state index in [1.54, 1.807) is 0 Å². The summed E-state index contributed by atoms with van der Waals surface area (Å²) in [6, 6.07) is 2.42. The van der Waals surface area contributed by atoms with Gasteiger partial charge < -0.3 is 4.90 Å². The Bertz CT molecular complexity index is 440. The van der Waals surface area contributed by atoms with Crippen LogP contribution in [-0.4, -0.2) is 47.9 Å². The van der Waals surface area contributed by atoms with Crippen molar-refractivity contribution in [3.8, 4) is 0 Å². The summed E-state index contributed by atoms with van der Waals surface area (Å²) >= 11 is 8.37. The van der Waals surface area contributed by atoms with Crippen molar-refractivity contribution >= 4 is 49.1 Å². The number of nitrogens with zero attached hydrogens (tertiary/aromatic N) is 2. The number of halogens is 2. The van der Waals surface area contributed by atoms with E-state index in [1.807, 2.05) is 11.0 Å². The molecule has 0 bridgehead atoms. The third kappa shape index (κ3) is 3.40. The Hall–Kier alpha value is 0.0900. The van der Waals surface area contributed by atoms with Crippen LogP contribution >= 0.6 is 43.2 Å². The lowest BCUT2D eigenvalue weighted by Gasteiger charge is -2.26. The monoisotopic (exact) mass is 408 g/mol. The Morgan fingerprint density at radius 2 is 2.16 bits per heavy atom. The molecule has 1 aliphatic heterocycles. The Balaban J connectivity index is 2.02. The van der Waals surface area contributed by atoms with Crippen LogP contribution in [0.4, 0.5) is 0 Å². The van der Waals surface area contributed by atoms with Gasteiger partial charge in [-0.3, -0.25) is 9.69 Å². The first-order valence-electron chi connectivity index (χ1n) is 6.55. The zero-order valence-corrected chi connectivity index (χ0v) is 15.1. The van der Waals surface area contributed by atoms with Crippen LogP contribution in [0.3, 0.4) is 0 Å². The van der Waals surface area contributed by atoms with Gasteiger partial charge in [-0.15, -0.1) is 11.3 Å². The van der Waals surface area contributed by atoms with Gasteiger partial charge in [-0.25, -0.2) is 0 Å². The van der Waals surface area contributed by atoms with E-state index in [1.165, 1.54) is 11.3 Å². The molecule has 0 N–H and O–H groups in total.